The number of thiazole rings is 1. The predicted octanol–water partition coefficient (Wildman–Crippen LogP) is 3.14. The molecular formula is C25H18Cl2F2N2O5S. The number of fused-ring (bicyclic) bond motifs is 1. The van der Waals surface area contributed by atoms with Crippen LogP contribution in [0, 0.1) is 11.6 Å². The van der Waals surface area contributed by atoms with Crippen molar-refractivity contribution in [2.75, 3.05) is 13.7 Å². The van der Waals surface area contributed by atoms with E-state index in [1.807, 2.05) is 0 Å². The maximum atomic E-state index is 15.2. The van der Waals surface area contributed by atoms with E-state index >= 15 is 4.39 Å². The molecule has 0 spiro atoms. The van der Waals surface area contributed by atoms with Crippen molar-refractivity contribution in [1.82, 2.24) is 4.57 Å². The van der Waals surface area contributed by atoms with E-state index in [1.54, 1.807) is 6.92 Å². The Morgan fingerprint density at radius 1 is 1.08 bits per heavy atom. The number of nitrogens with zero attached hydrogens (tertiary/aromatic N) is 1. The minimum absolute atomic E-state index is 0.0418. The van der Waals surface area contributed by atoms with Crippen LogP contribution in [0.25, 0.3) is 17.5 Å². The zero-order valence-electron chi connectivity index (χ0n) is 19.3. The summed E-state index contributed by atoms with van der Waals surface area (Å²) >= 11 is 13.2. The van der Waals surface area contributed by atoms with E-state index in [-0.39, 0.29) is 48.1 Å². The summed E-state index contributed by atoms with van der Waals surface area (Å²) in [5.41, 5.74) is 4.59. The highest BCUT2D eigenvalue weighted by atomic mass is 35.5. The lowest BCUT2D eigenvalue weighted by Gasteiger charge is -2.27. The van der Waals surface area contributed by atoms with Gasteiger partial charge in [-0.2, -0.15) is 0 Å². The molecule has 1 aliphatic heterocycles. The Kier molecular flexibility index (Phi) is 7.54. The van der Waals surface area contributed by atoms with Crippen molar-refractivity contribution in [1.29, 1.82) is 0 Å². The number of rotatable bonds is 5. The maximum absolute atomic E-state index is 15.2. The summed E-state index contributed by atoms with van der Waals surface area (Å²) in [5, 5.41) is -0.0570. The minimum atomic E-state index is -1.47. The predicted molar refractivity (Wildman–Crippen MR) is 136 cm³/mol. The third-order valence-corrected chi connectivity index (χ3v) is 7.38. The quantitative estimate of drug-likeness (QED) is 0.476. The number of aromatic nitrogens is 1. The fraction of sp³-hybridized carbons (Fsp3) is 0.160. The minimum Gasteiger partial charge on any atom is -0.466 e. The standard InChI is InChI=1S/C25H18Cl2F2N2O5S/c1-3-36-25(34)20-18(17-13(27)7-5-9-15(17)29)19(24(33)35-2)21(30)31-22(32)16(37-23(20)31)10-11-12(26)6-4-8-14(11)28/h4-10,18H,3,30H2,1-2H3. The van der Waals surface area contributed by atoms with Gasteiger partial charge in [-0.15, -0.1) is 11.3 Å². The molecule has 2 N–H and O–H groups in total. The molecule has 12 heteroatoms. The molecule has 1 aromatic heterocycles. The number of ether oxygens (including phenoxy) is 2. The Balaban J connectivity index is 2.21. The molecule has 0 saturated heterocycles. The van der Waals surface area contributed by atoms with E-state index in [0.29, 0.717) is 0 Å². The Morgan fingerprint density at radius 3 is 2.32 bits per heavy atom. The van der Waals surface area contributed by atoms with E-state index in [9.17, 15) is 18.8 Å². The number of carbonyl (C=O) groups is 2. The molecule has 3 aromatic rings. The Hall–Kier alpha value is -3.47. The fourth-order valence-corrected chi connectivity index (χ4v) is 5.66. The average Bonchev–Trinajstić information content (AvgIpc) is 3.17. The summed E-state index contributed by atoms with van der Waals surface area (Å²) in [6.07, 6.45) is 1.20. The van der Waals surface area contributed by atoms with Gasteiger partial charge in [-0.05, 0) is 37.3 Å². The van der Waals surface area contributed by atoms with E-state index in [1.165, 1.54) is 36.4 Å². The first-order valence-corrected chi connectivity index (χ1v) is 12.3. The number of methoxy groups -OCH3 is 1. The second-order valence-corrected chi connectivity index (χ2v) is 9.53. The van der Waals surface area contributed by atoms with Crippen molar-refractivity contribution in [3.05, 3.63) is 94.3 Å². The molecule has 37 heavy (non-hydrogen) atoms. The van der Waals surface area contributed by atoms with Crippen LogP contribution in [0.5, 0.6) is 0 Å². The number of hydrogen-bond acceptors (Lipinski definition) is 7. The van der Waals surface area contributed by atoms with Crippen LogP contribution in [-0.4, -0.2) is 30.2 Å². The van der Waals surface area contributed by atoms with Crippen molar-refractivity contribution in [3.8, 4) is 0 Å². The van der Waals surface area contributed by atoms with E-state index in [2.05, 4.69) is 0 Å². The highest BCUT2D eigenvalue weighted by molar-refractivity contribution is 7.07. The first-order chi connectivity index (χ1) is 17.6. The lowest BCUT2D eigenvalue weighted by atomic mass is 9.83. The van der Waals surface area contributed by atoms with E-state index < -0.39 is 40.9 Å². The normalized spacial score (nSPS) is 15.6. The van der Waals surface area contributed by atoms with E-state index in [0.717, 1.165) is 29.1 Å². The van der Waals surface area contributed by atoms with Gasteiger partial charge in [-0.25, -0.2) is 18.4 Å². The highest BCUT2D eigenvalue weighted by Crippen LogP contribution is 2.41. The molecule has 2 aromatic carbocycles. The van der Waals surface area contributed by atoms with Crippen LogP contribution in [0.3, 0.4) is 0 Å². The molecule has 192 valence electrons. The number of nitrogens with two attached hydrogens (primary N) is 1. The molecule has 0 amide bonds. The largest absolute Gasteiger partial charge is 0.466 e. The zero-order valence-corrected chi connectivity index (χ0v) is 21.6. The molecule has 0 fully saturated rings. The van der Waals surface area contributed by atoms with Crippen LogP contribution < -0.4 is 20.5 Å². The van der Waals surface area contributed by atoms with Gasteiger partial charge in [0, 0.05) is 16.1 Å². The van der Waals surface area contributed by atoms with Crippen molar-refractivity contribution in [2.24, 2.45) is 5.73 Å². The molecule has 0 aliphatic carbocycles. The Labute approximate surface area is 222 Å². The van der Waals surface area contributed by atoms with Crippen molar-refractivity contribution in [3.63, 3.8) is 0 Å². The smallest absolute Gasteiger partial charge is 0.338 e. The number of esters is 2. The van der Waals surface area contributed by atoms with Crippen molar-refractivity contribution < 1.29 is 27.8 Å². The Bertz CT molecular complexity index is 1620. The molecular weight excluding hydrogens is 549 g/mol. The van der Waals surface area contributed by atoms with Crippen LogP contribution in [0.2, 0.25) is 10.0 Å². The lowest BCUT2D eigenvalue weighted by Crippen LogP contribution is -2.42. The van der Waals surface area contributed by atoms with Gasteiger partial charge < -0.3 is 15.2 Å². The average molecular weight is 567 g/mol. The molecule has 2 heterocycles. The maximum Gasteiger partial charge on any atom is 0.338 e. The number of carbonyl (C=O) groups excluding carboxylic acids is 2. The topological polar surface area (TPSA) is 101 Å². The molecule has 0 radical (unpaired) electrons. The fourth-order valence-electron chi connectivity index (χ4n) is 4.02. The molecule has 1 unspecified atom stereocenters. The monoisotopic (exact) mass is 566 g/mol. The third kappa shape index (κ3) is 4.56. The summed E-state index contributed by atoms with van der Waals surface area (Å²) in [5.74, 6) is -5.34. The van der Waals surface area contributed by atoms with Crippen LogP contribution >= 0.6 is 34.5 Å². The van der Waals surface area contributed by atoms with Crippen molar-refractivity contribution in [2.45, 2.75) is 12.8 Å². The van der Waals surface area contributed by atoms with Gasteiger partial charge in [0.25, 0.3) is 5.56 Å². The SMILES string of the molecule is CCOC(=O)C1=c2sc(=Cc3c(F)cccc3Cl)c(=O)n2C(N)=C(C(=O)OC)C1c1c(F)cccc1Cl. The number of halogens is 4. The number of hydrogen-bond donors (Lipinski definition) is 1. The first kappa shape index (κ1) is 26.6. The van der Waals surface area contributed by atoms with Gasteiger partial charge in [0.2, 0.25) is 0 Å². The van der Waals surface area contributed by atoms with Gasteiger partial charge in [0.15, 0.2) is 0 Å². The molecule has 0 bridgehead atoms. The van der Waals surface area contributed by atoms with Crippen LogP contribution in [0.1, 0.15) is 24.0 Å². The summed E-state index contributed by atoms with van der Waals surface area (Å²) in [7, 11) is 1.07. The molecule has 4 rings (SSSR count). The second kappa shape index (κ2) is 10.5. The number of benzene rings is 2. The zero-order chi connectivity index (χ0) is 27.0. The van der Waals surface area contributed by atoms with Crippen LogP contribution in [-0.2, 0) is 19.1 Å². The van der Waals surface area contributed by atoms with Gasteiger partial charge in [-0.1, -0.05) is 35.3 Å². The summed E-state index contributed by atoms with van der Waals surface area (Å²) in [6, 6.07) is 7.84. The lowest BCUT2D eigenvalue weighted by molar-refractivity contribution is -0.136. The van der Waals surface area contributed by atoms with Crippen molar-refractivity contribution >= 4 is 63.9 Å². The third-order valence-electron chi connectivity index (χ3n) is 5.61. The Morgan fingerprint density at radius 2 is 1.73 bits per heavy atom. The summed E-state index contributed by atoms with van der Waals surface area (Å²) in [4.78, 5) is 39.7. The molecule has 1 atom stereocenters. The molecule has 0 saturated carbocycles. The van der Waals surface area contributed by atoms with E-state index in [4.69, 9.17) is 38.4 Å². The van der Waals surface area contributed by atoms with Gasteiger partial charge in [-0.3, -0.25) is 9.36 Å². The summed E-state index contributed by atoms with van der Waals surface area (Å²) in [6.45, 7) is 1.49. The molecule has 1 aliphatic rings. The van der Waals surface area contributed by atoms with Gasteiger partial charge >= 0.3 is 11.9 Å². The van der Waals surface area contributed by atoms with Crippen LogP contribution in [0.15, 0.2) is 46.8 Å². The van der Waals surface area contributed by atoms with Crippen LogP contribution in [0.4, 0.5) is 8.78 Å². The molecule has 7 nitrogen and oxygen atoms in total. The summed E-state index contributed by atoms with van der Waals surface area (Å²) < 4.78 is 40.5. The highest BCUT2D eigenvalue weighted by Gasteiger charge is 2.41. The van der Waals surface area contributed by atoms with Gasteiger partial charge in [0.05, 0.1) is 40.3 Å². The first-order valence-electron chi connectivity index (χ1n) is 10.7. The van der Waals surface area contributed by atoms with Gasteiger partial charge in [0.1, 0.15) is 22.1 Å². The second-order valence-electron chi connectivity index (χ2n) is 7.68.